The van der Waals surface area contributed by atoms with Gasteiger partial charge in [-0.3, -0.25) is 9.59 Å². The molecule has 0 saturated carbocycles. The van der Waals surface area contributed by atoms with E-state index in [1.165, 1.54) is 11.3 Å². The molecular weight excluding hydrogens is 516 g/mol. The van der Waals surface area contributed by atoms with Crippen molar-refractivity contribution < 1.29 is 19.1 Å². The zero-order valence-corrected chi connectivity index (χ0v) is 22.9. The predicted molar refractivity (Wildman–Crippen MR) is 148 cm³/mol. The lowest BCUT2D eigenvalue weighted by atomic mass is 9.79. The second-order valence-corrected chi connectivity index (χ2v) is 11.0. The van der Waals surface area contributed by atoms with Crippen molar-refractivity contribution in [1.82, 2.24) is 15.3 Å². The average molecular weight is 547 g/mol. The van der Waals surface area contributed by atoms with E-state index in [2.05, 4.69) is 40.4 Å². The van der Waals surface area contributed by atoms with Crippen LogP contribution >= 0.6 is 11.3 Å². The van der Waals surface area contributed by atoms with Gasteiger partial charge in [0.25, 0.3) is 5.91 Å². The molecule has 2 aliphatic heterocycles. The Hall–Kier alpha value is -3.85. The molecule has 202 valence electrons. The zero-order chi connectivity index (χ0) is 27.6. The summed E-state index contributed by atoms with van der Waals surface area (Å²) in [4.78, 5) is 36.8. The number of ether oxygens (including phenoxy) is 2. The summed E-state index contributed by atoms with van der Waals surface area (Å²) in [7, 11) is 0. The molecule has 11 heteroatoms. The highest BCUT2D eigenvalue weighted by molar-refractivity contribution is 7.14. The van der Waals surface area contributed by atoms with E-state index in [0.717, 1.165) is 30.0 Å². The van der Waals surface area contributed by atoms with Gasteiger partial charge in [-0.2, -0.15) is 5.26 Å². The van der Waals surface area contributed by atoms with Crippen LogP contribution in [0.25, 0.3) is 11.4 Å². The van der Waals surface area contributed by atoms with Gasteiger partial charge in [0.1, 0.15) is 16.9 Å². The number of fused-ring (bicyclic) bond motifs is 1. The molecule has 4 heterocycles. The minimum Gasteiger partial charge on any atom is -0.375 e. The number of amides is 2. The van der Waals surface area contributed by atoms with Crippen LogP contribution in [0, 0.1) is 11.3 Å². The summed E-state index contributed by atoms with van der Waals surface area (Å²) in [6.07, 6.45) is 0.251. The second-order valence-electron chi connectivity index (χ2n) is 10.1. The maximum Gasteiger partial charge on any atom is 0.251 e. The van der Waals surface area contributed by atoms with E-state index in [9.17, 15) is 14.9 Å². The summed E-state index contributed by atoms with van der Waals surface area (Å²) in [6, 6.07) is 13.3. The van der Waals surface area contributed by atoms with E-state index in [-0.39, 0.29) is 25.4 Å². The number of benzene rings is 1. The van der Waals surface area contributed by atoms with Gasteiger partial charge in [0.2, 0.25) is 5.91 Å². The van der Waals surface area contributed by atoms with E-state index in [1.54, 1.807) is 25.1 Å². The van der Waals surface area contributed by atoms with Crippen LogP contribution < -0.4 is 15.5 Å². The van der Waals surface area contributed by atoms with Crippen molar-refractivity contribution in [1.29, 1.82) is 5.26 Å². The molecule has 3 aromatic rings. The van der Waals surface area contributed by atoms with Crippen LogP contribution in [0.5, 0.6) is 0 Å². The average Bonchev–Trinajstić information content (AvgIpc) is 3.40. The fourth-order valence-corrected chi connectivity index (χ4v) is 5.59. The number of rotatable bonds is 6. The Labute approximate surface area is 231 Å². The number of carbonyl (C=O) groups excluding carboxylic acids is 2. The zero-order valence-electron chi connectivity index (χ0n) is 22.1. The number of aromatic nitrogens is 2. The number of hydrogen-bond acceptors (Lipinski definition) is 9. The molecule has 39 heavy (non-hydrogen) atoms. The van der Waals surface area contributed by atoms with E-state index in [4.69, 9.17) is 14.5 Å². The van der Waals surface area contributed by atoms with Gasteiger partial charge in [0.05, 0.1) is 43.7 Å². The molecule has 0 bridgehead atoms. The van der Waals surface area contributed by atoms with E-state index in [1.807, 2.05) is 23.6 Å². The molecular formula is C28H30N6O4S. The predicted octanol–water partition coefficient (Wildman–Crippen LogP) is 3.50. The molecule has 5 rings (SSSR count). The van der Waals surface area contributed by atoms with Gasteiger partial charge in [-0.15, -0.1) is 11.3 Å². The van der Waals surface area contributed by atoms with E-state index < -0.39 is 17.2 Å². The third-order valence-electron chi connectivity index (χ3n) is 6.76. The van der Waals surface area contributed by atoms with Gasteiger partial charge in [-0.25, -0.2) is 9.97 Å². The van der Waals surface area contributed by atoms with Crippen molar-refractivity contribution in [2.75, 3.05) is 36.5 Å². The summed E-state index contributed by atoms with van der Waals surface area (Å²) in [6.45, 7) is 7.88. The first-order valence-corrected chi connectivity index (χ1v) is 13.7. The minimum absolute atomic E-state index is 0.125. The fraction of sp³-hybridized carbons (Fsp3) is 0.393. The van der Waals surface area contributed by atoms with E-state index in [0.29, 0.717) is 28.7 Å². The molecule has 2 amide bonds. The third-order valence-corrected chi connectivity index (χ3v) is 7.52. The maximum atomic E-state index is 12.7. The number of morpholine rings is 1. The van der Waals surface area contributed by atoms with Gasteiger partial charge >= 0.3 is 0 Å². The van der Waals surface area contributed by atoms with Crippen molar-refractivity contribution in [2.45, 2.75) is 45.0 Å². The second kappa shape index (κ2) is 11.1. The number of hydrogen-bond donors (Lipinski definition) is 2. The van der Waals surface area contributed by atoms with Crippen LogP contribution in [0.15, 0.2) is 41.8 Å². The minimum atomic E-state index is -0.822. The largest absolute Gasteiger partial charge is 0.375 e. The van der Waals surface area contributed by atoms with Gasteiger partial charge in [-0.1, -0.05) is 12.1 Å². The van der Waals surface area contributed by atoms with E-state index >= 15 is 0 Å². The SMILES string of the molecule is C[C@@H]1CN(c2cccc(-c3csc(NC(=O)CNC(=O)c4ccc5c(c4)[C@@](C)(C#N)COC5)n3)n2)C[C@H](C)O1. The monoisotopic (exact) mass is 546 g/mol. The molecule has 0 unspecified atom stereocenters. The number of thiazole rings is 1. The number of nitrogens with zero attached hydrogens (tertiary/aromatic N) is 4. The summed E-state index contributed by atoms with van der Waals surface area (Å²) < 4.78 is 11.3. The topological polar surface area (TPSA) is 129 Å². The number of nitrogens with one attached hydrogen (secondary N) is 2. The van der Waals surface area contributed by atoms with Gasteiger partial charge < -0.3 is 25.0 Å². The number of nitriles is 1. The first-order chi connectivity index (χ1) is 18.7. The lowest BCUT2D eigenvalue weighted by Crippen LogP contribution is -2.45. The first-order valence-electron chi connectivity index (χ1n) is 12.8. The molecule has 3 atom stereocenters. The molecule has 10 nitrogen and oxygen atoms in total. The van der Waals surface area contributed by atoms with Crippen molar-refractivity contribution in [2.24, 2.45) is 0 Å². The molecule has 0 aliphatic carbocycles. The molecule has 0 radical (unpaired) electrons. The Bertz CT molecular complexity index is 1430. The smallest absolute Gasteiger partial charge is 0.251 e. The number of pyridine rings is 1. The Morgan fingerprint density at radius 3 is 2.74 bits per heavy atom. The summed E-state index contributed by atoms with van der Waals surface area (Å²) in [5, 5.41) is 17.3. The molecule has 2 aliphatic rings. The standard InChI is InChI=1S/C28H30N6O4S/c1-17-11-34(12-18(2)38-17)24-6-4-5-22(31-24)23-14-39-27(32-23)33-25(35)10-30-26(36)19-7-8-20-13-37-16-28(3,15-29)21(20)9-19/h4-9,14,17-18H,10-13,16H2,1-3H3,(H,30,36)(H,32,33,35)/t17-,18+,28-/m0/s1. The molecule has 1 fully saturated rings. The quantitative estimate of drug-likeness (QED) is 0.481. The Kier molecular flexibility index (Phi) is 7.61. The Morgan fingerprint density at radius 2 is 1.97 bits per heavy atom. The van der Waals surface area contributed by atoms with Crippen molar-refractivity contribution in [3.8, 4) is 17.5 Å². The van der Waals surface area contributed by atoms with Crippen LogP contribution in [-0.4, -0.2) is 60.2 Å². The molecule has 1 saturated heterocycles. The van der Waals surface area contributed by atoms with Crippen molar-refractivity contribution >= 4 is 34.1 Å². The third kappa shape index (κ3) is 5.93. The van der Waals surface area contributed by atoms with Gasteiger partial charge in [-0.05, 0) is 56.2 Å². The number of anilines is 2. The molecule has 2 aromatic heterocycles. The van der Waals surface area contributed by atoms with Crippen LogP contribution in [-0.2, 0) is 26.3 Å². The van der Waals surface area contributed by atoms with Crippen molar-refractivity contribution in [3.05, 3.63) is 58.5 Å². The van der Waals surface area contributed by atoms with Crippen LogP contribution in [0.3, 0.4) is 0 Å². The van der Waals surface area contributed by atoms with Crippen LogP contribution in [0.2, 0.25) is 0 Å². The Morgan fingerprint density at radius 1 is 1.18 bits per heavy atom. The maximum absolute atomic E-state index is 12.7. The lowest BCUT2D eigenvalue weighted by Gasteiger charge is -2.36. The van der Waals surface area contributed by atoms with Crippen molar-refractivity contribution in [3.63, 3.8) is 0 Å². The van der Waals surface area contributed by atoms with Crippen LogP contribution in [0.1, 0.15) is 42.3 Å². The highest BCUT2D eigenvalue weighted by atomic mass is 32.1. The summed E-state index contributed by atoms with van der Waals surface area (Å²) in [5.74, 6) is 0.0726. The van der Waals surface area contributed by atoms with Crippen LogP contribution in [0.4, 0.5) is 10.9 Å². The summed E-state index contributed by atoms with van der Waals surface area (Å²) >= 11 is 1.29. The molecule has 2 N–H and O–H groups in total. The summed E-state index contributed by atoms with van der Waals surface area (Å²) in [5.41, 5.74) is 2.60. The molecule has 1 aromatic carbocycles. The number of carbonyl (C=O) groups is 2. The fourth-order valence-electron chi connectivity index (χ4n) is 4.87. The van der Waals surface area contributed by atoms with Gasteiger partial charge in [0.15, 0.2) is 5.13 Å². The molecule has 0 spiro atoms. The Balaban J connectivity index is 1.19. The lowest BCUT2D eigenvalue weighted by molar-refractivity contribution is -0.115. The van der Waals surface area contributed by atoms with Gasteiger partial charge in [0, 0.05) is 24.0 Å². The first kappa shape index (κ1) is 26.7. The highest BCUT2D eigenvalue weighted by Gasteiger charge is 2.33. The highest BCUT2D eigenvalue weighted by Crippen LogP contribution is 2.32. The normalized spacial score (nSPS) is 22.5.